The van der Waals surface area contributed by atoms with Gasteiger partial charge in [-0.1, -0.05) is 87.8 Å². The quantitative estimate of drug-likeness (QED) is 0.123. The third kappa shape index (κ3) is 6.86. The summed E-state index contributed by atoms with van der Waals surface area (Å²) in [5.41, 5.74) is -5.16. The van der Waals surface area contributed by atoms with E-state index in [1.165, 1.54) is 29.0 Å². The molecule has 0 aliphatic carbocycles. The highest BCUT2D eigenvalue weighted by molar-refractivity contribution is 14.1. The lowest BCUT2D eigenvalue weighted by Gasteiger charge is -2.37. The average molecular weight is 478 g/mol. The van der Waals surface area contributed by atoms with Crippen molar-refractivity contribution in [1.82, 2.24) is 0 Å². The third-order valence-corrected chi connectivity index (χ3v) is 6.03. The summed E-state index contributed by atoms with van der Waals surface area (Å²) in [7, 11) is 0. The topological polar surface area (TPSA) is 0 Å². The molecule has 8 heteroatoms. The molecular formula is C16H26F7I. The Kier molecular flexibility index (Phi) is 10.5. The first-order valence-electron chi connectivity index (χ1n) is 8.36. The minimum absolute atomic E-state index is 0.147. The molecule has 0 bridgehead atoms. The van der Waals surface area contributed by atoms with Crippen LogP contribution in [-0.4, -0.2) is 21.9 Å². The molecule has 0 radical (unpaired) electrons. The van der Waals surface area contributed by atoms with Crippen molar-refractivity contribution in [2.75, 3.05) is 0 Å². The van der Waals surface area contributed by atoms with E-state index in [0.29, 0.717) is 13.3 Å². The largest absolute Gasteiger partial charge is 0.431 e. The minimum Gasteiger partial charge on any atom is -0.223 e. The first-order valence-corrected chi connectivity index (χ1v) is 9.60. The van der Waals surface area contributed by atoms with Crippen molar-refractivity contribution in [3.8, 4) is 0 Å². The van der Waals surface area contributed by atoms with Gasteiger partial charge in [-0.25, -0.2) is 4.39 Å². The molecule has 0 spiro atoms. The van der Waals surface area contributed by atoms with E-state index < -0.39 is 27.9 Å². The Labute approximate surface area is 153 Å². The molecule has 0 amide bonds. The SMILES string of the molecule is CCCCCCCCCCC(I)C(C)C(F)(C(F)(F)F)C(F)(F)F. The molecule has 0 aromatic rings. The number of hydrogen-bond acceptors (Lipinski definition) is 0. The van der Waals surface area contributed by atoms with E-state index >= 15 is 0 Å². The average Bonchev–Trinajstić information content (AvgIpc) is 2.45. The van der Waals surface area contributed by atoms with E-state index in [4.69, 9.17) is 0 Å². The van der Waals surface area contributed by atoms with Crippen LogP contribution in [0, 0.1) is 5.92 Å². The molecular weight excluding hydrogens is 452 g/mol. The smallest absolute Gasteiger partial charge is 0.223 e. The second-order valence-corrected chi connectivity index (χ2v) is 7.88. The van der Waals surface area contributed by atoms with E-state index in [2.05, 4.69) is 6.92 Å². The zero-order valence-electron chi connectivity index (χ0n) is 14.0. The van der Waals surface area contributed by atoms with Gasteiger partial charge in [0, 0.05) is 9.84 Å². The molecule has 0 nitrogen and oxygen atoms in total. The number of rotatable bonds is 11. The van der Waals surface area contributed by atoms with Crippen LogP contribution in [0.15, 0.2) is 0 Å². The molecule has 146 valence electrons. The molecule has 0 fully saturated rings. The lowest BCUT2D eigenvalue weighted by Crippen LogP contribution is -2.59. The fraction of sp³-hybridized carbons (Fsp3) is 1.00. The first-order chi connectivity index (χ1) is 10.9. The van der Waals surface area contributed by atoms with Gasteiger partial charge in [-0.2, -0.15) is 26.3 Å². The van der Waals surface area contributed by atoms with Gasteiger partial charge in [0.2, 0.25) is 0 Å². The summed E-state index contributed by atoms with van der Waals surface area (Å²) in [6, 6.07) is 0. The first kappa shape index (κ1) is 24.2. The summed E-state index contributed by atoms with van der Waals surface area (Å²) >= 11 is 1.51. The van der Waals surface area contributed by atoms with Gasteiger partial charge in [0.1, 0.15) is 0 Å². The van der Waals surface area contributed by atoms with Crippen LogP contribution >= 0.6 is 22.6 Å². The van der Waals surface area contributed by atoms with E-state index in [1.54, 1.807) is 0 Å². The summed E-state index contributed by atoms with van der Waals surface area (Å²) in [5, 5.41) is 0. The molecule has 0 N–H and O–H groups in total. The highest BCUT2D eigenvalue weighted by atomic mass is 127. The molecule has 0 saturated heterocycles. The Bertz CT molecular complexity index is 324. The van der Waals surface area contributed by atoms with Crippen molar-refractivity contribution in [2.24, 2.45) is 5.92 Å². The molecule has 0 heterocycles. The predicted octanol–water partition coefficient (Wildman–Crippen LogP) is 7.79. The van der Waals surface area contributed by atoms with Crippen molar-refractivity contribution >= 4 is 22.6 Å². The fourth-order valence-electron chi connectivity index (χ4n) is 2.65. The summed E-state index contributed by atoms with van der Waals surface area (Å²) in [4.78, 5) is 0. The Balaban J connectivity index is 4.41. The molecule has 0 aliphatic rings. The van der Waals surface area contributed by atoms with E-state index in [0.717, 1.165) is 38.5 Å². The second-order valence-electron chi connectivity index (χ2n) is 6.28. The van der Waals surface area contributed by atoms with Gasteiger partial charge < -0.3 is 0 Å². The van der Waals surface area contributed by atoms with Crippen LogP contribution in [0.4, 0.5) is 30.7 Å². The summed E-state index contributed by atoms with van der Waals surface area (Å²) < 4.78 is 89.1. The van der Waals surface area contributed by atoms with Gasteiger partial charge in [-0.05, 0) is 6.42 Å². The molecule has 24 heavy (non-hydrogen) atoms. The lowest BCUT2D eigenvalue weighted by atomic mass is 9.85. The van der Waals surface area contributed by atoms with E-state index in [-0.39, 0.29) is 6.42 Å². The highest BCUT2D eigenvalue weighted by Crippen LogP contribution is 2.52. The Morgan fingerprint density at radius 3 is 1.46 bits per heavy atom. The van der Waals surface area contributed by atoms with Crippen molar-refractivity contribution in [3.63, 3.8) is 0 Å². The van der Waals surface area contributed by atoms with Crippen LogP contribution < -0.4 is 0 Å². The monoisotopic (exact) mass is 478 g/mol. The maximum Gasteiger partial charge on any atom is 0.431 e. The Hall–Kier alpha value is 0.240. The lowest BCUT2D eigenvalue weighted by molar-refractivity contribution is -0.356. The van der Waals surface area contributed by atoms with Crippen molar-refractivity contribution in [2.45, 2.75) is 93.6 Å². The van der Waals surface area contributed by atoms with Gasteiger partial charge in [-0.3, -0.25) is 0 Å². The molecule has 0 aromatic carbocycles. The van der Waals surface area contributed by atoms with Crippen LogP contribution in [0.3, 0.4) is 0 Å². The normalized spacial score (nSPS) is 16.2. The van der Waals surface area contributed by atoms with Gasteiger partial charge in [0.05, 0.1) is 0 Å². The van der Waals surface area contributed by atoms with Crippen molar-refractivity contribution < 1.29 is 30.7 Å². The molecule has 0 saturated carbocycles. The van der Waals surface area contributed by atoms with Gasteiger partial charge >= 0.3 is 18.0 Å². The van der Waals surface area contributed by atoms with Crippen LogP contribution in [0.25, 0.3) is 0 Å². The van der Waals surface area contributed by atoms with E-state index in [9.17, 15) is 30.7 Å². The summed E-state index contributed by atoms with van der Waals surface area (Å²) in [6.07, 6.45) is -4.07. The third-order valence-electron chi connectivity index (χ3n) is 4.33. The Morgan fingerprint density at radius 2 is 1.08 bits per heavy atom. The predicted molar refractivity (Wildman–Crippen MR) is 90.1 cm³/mol. The highest BCUT2D eigenvalue weighted by Gasteiger charge is 2.75. The van der Waals surface area contributed by atoms with Gasteiger partial charge in [0.25, 0.3) is 0 Å². The van der Waals surface area contributed by atoms with Crippen LogP contribution in [0.1, 0.15) is 71.6 Å². The van der Waals surface area contributed by atoms with Gasteiger partial charge in [0.15, 0.2) is 0 Å². The number of alkyl halides is 8. The summed E-state index contributed by atoms with van der Waals surface area (Å²) in [5.74, 6) is -2.18. The minimum atomic E-state index is -5.96. The van der Waals surface area contributed by atoms with Crippen LogP contribution in [-0.2, 0) is 0 Å². The zero-order chi connectivity index (χ0) is 19.0. The maximum absolute atomic E-state index is 13.9. The number of hydrogen-bond donors (Lipinski definition) is 0. The van der Waals surface area contributed by atoms with Crippen LogP contribution in [0.2, 0.25) is 0 Å². The fourth-order valence-corrected chi connectivity index (χ4v) is 3.59. The zero-order valence-corrected chi connectivity index (χ0v) is 16.2. The van der Waals surface area contributed by atoms with E-state index in [1.807, 2.05) is 0 Å². The molecule has 0 aromatic heterocycles. The molecule has 0 aliphatic heterocycles. The van der Waals surface area contributed by atoms with Gasteiger partial charge in [-0.15, -0.1) is 0 Å². The second kappa shape index (κ2) is 10.4. The Morgan fingerprint density at radius 1 is 0.708 bits per heavy atom. The molecule has 2 atom stereocenters. The maximum atomic E-state index is 13.9. The van der Waals surface area contributed by atoms with Crippen LogP contribution in [0.5, 0.6) is 0 Å². The number of halogens is 8. The standard InChI is InChI=1S/C16H26F7I/c1-3-4-5-6-7-8-9-10-11-13(24)12(2)14(17,15(18,19)20)16(21,22)23/h12-13H,3-11H2,1-2H3. The number of unbranched alkanes of at least 4 members (excludes halogenated alkanes) is 7. The van der Waals surface area contributed by atoms with Crippen molar-refractivity contribution in [1.29, 1.82) is 0 Å². The summed E-state index contributed by atoms with van der Waals surface area (Å²) in [6.45, 7) is 2.80. The van der Waals surface area contributed by atoms with Crippen molar-refractivity contribution in [3.05, 3.63) is 0 Å². The molecule has 0 rings (SSSR count). The molecule has 2 unspecified atom stereocenters.